The van der Waals surface area contributed by atoms with E-state index in [9.17, 15) is 15.2 Å². The number of nitrogens with two attached hydrogens (primary N) is 1. The minimum Gasteiger partial charge on any atom is -0.493 e. The molecule has 0 saturated carbocycles. The molecule has 8 heteroatoms. The Hall–Kier alpha value is -4.22. The zero-order valence-electron chi connectivity index (χ0n) is 18.1. The summed E-state index contributed by atoms with van der Waals surface area (Å²) < 4.78 is 22.5. The van der Waals surface area contributed by atoms with Crippen molar-refractivity contribution in [2.24, 2.45) is 5.73 Å². The van der Waals surface area contributed by atoms with Crippen molar-refractivity contribution in [2.45, 2.75) is 26.1 Å². The molecule has 0 fully saturated rings. The zero-order valence-corrected chi connectivity index (χ0v) is 18.1. The van der Waals surface area contributed by atoms with Gasteiger partial charge in [-0.05, 0) is 30.2 Å². The molecule has 1 aliphatic rings. The maximum absolute atomic E-state index is 12.5. The van der Waals surface area contributed by atoms with Crippen LogP contribution in [0.5, 0.6) is 17.2 Å². The number of hydrogen-bond donors (Lipinski definition) is 2. The molecular formula is C25H22N2O6. The van der Waals surface area contributed by atoms with E-state index in [1.54, 1.807) is 18.2 Å². The van der Waals surface area contributed by atoms with Crippen LogP contribution < -0.4 is 25.4 Å². The van der Waals surface area contributed by atoms with Gasteiger partial charge in [-0.1, -0.05) is 35.9 Å². The van der Waals surface area contributed by atoms with E-state index in [0.29, 0.717) is 23.7 Å². The Morgan fingerprint density at radius 2 is 1.91 bits per heavy atom. The average Bonchev–Trinajstić information content (AvgIpc) is 2.83. The van der Waals surface area contributed by atoms with Crippen LogP contribution in [0.1, 0.15) is 34.1 Å². The molecule has 0 bridgehead atoms. The Labute approximate surface area is 190 Å². The van der Waals surface area contributed by atoms with E-state index < -0.39 is 18.0 Å². The van der Waals surface area contributed by atoms with Gasteiger partial charge in [-0.15, -0.1) is 0 Å². The molecule has 1 atom stereocenters. The van der Waals surface area contributed by atoms with E-state index in [1.807, 2.05) is 37.3 Å². The molecule has 4 rings (SSSR count). The van der Waals surface area contributed by atoms with Gasteiger partial charge >= 0.3 is 0 Å². The second kappa shape index (κ2) is 9.10. The predicted octanol–water partition coefficient (Wildman–Crippen LogP) is 3.25. The standard InChI is InChI=1S/C25H22N2O6/c1-14-3-5-15(6-4-14)13-31-20-8-7-16(9-21(20)30-2)22-18(11-26)25(27)33-23-19(29)10-17(12-28)32-24(22)23/h3-10,22,28H,12-13,27H2,1-2H3. The van der Waals surface area contributed by atoms with Crippen molar-refractivity contribution in [2.75, 3.05) is 7.11 Å². The van der Waals surface area contributed by atoms with Gasteiger partial charge in [0, 0.05) is 6.07 Å². The fourth-order valence-electron chi connectivity index (χ4n) is 3.62. The van der Waals surface area contributed by atoms with E-state index in [1.165, 1.54) is 7.11 Å². The Balaban J connectivity index is 1.73. The molecule has 1 unspecified atom stereocenters. The van der Waals surface area contributed by atoms with Crippen molar-refractivity contribution < 1.29 is 23.7 Å². The second-order valence-electron chi connectivity index (χ2n) is 7.54. The lowest BCUT2D eigenvalue weighted by molar-refractivity contribution is 0.231. The average molecular weight is 446 g/mol. The Bertz CT molecular complexity index is 1320. The molecule has 0 saturated heterocycles. The van der Waals surface area contributed by atoms with Crippen molar-refractivity contribution in [3.05, 3.63) is 98.4 Å². The lowest BCUT2D eigenvalue weighted by atomic mass is 9.87. The van der Waals surface area contributed by atoms with Crippen molar-refractivity contribution in [3.63, 3.8) is 0 Å². The van der Waals surface area contributed by atoms with Crippen LogP contribution in [0.25, 0.3) is 0 Å². The summed E-state index contributed by atoms with van der Waals surface area (Å²) >= 11 is 0. The number of nitrogens with zero attached hydrogens (tertiary/aromatic N) is 1. The molecule has 2 aromatic carbocycles. The summed E-state index contributed by atoms with van der Waals surface area (Å²) in [6.07, 6.45) is 0. The first-order valence-electron chi connectivity index (χ1n) is 10.2. The number of hydrogen-bond acceptors (Lipinski definition) is 8. The molecule has 8 nitrogen and oxygen atoms in total. The maximum Gasteiger partial charge on any atom is 0.228 e. The third-order valence-electron chi connectivity index (χ3n) is 5.32. The minimum atomic E-state index is -0.821. The van der Waals surface area contributed by atoms with Crippen LogP contribution in [0, 0.1) is 18.3 Å². The van der Waals surface area contributed by atoms with Gasteiger partial charge in [0.15, 0.2) is 17.3 Å². The summed E-state index contributed by atoms with van der Waals surface area (Å²) in [5.74, 6) is -0.0369. The summed E-state index contributed by atoms with van der Waals surface area (Å²) in [5.41, 5.74) is 8.27. The highest BCUT2D eigenvalue weighted by molar-refractivity contribution is 5.55. The van der Waals surface area contributed by atoms with Crippen molar-refractivity contribution in [1.29, 1.82) is 5.26 Å². The molecule has 3 N–H and O–H groups in total. The number of ether oxygens (including phenoxy) is 3. The predicted molar refractivity (Wildman–Crippen MR) is 119 cm³/mol. The van der Waals surface area contributed by atoms with E-state index in [4.69, 9.17) is 24.4 Å². The quantitative estimate of drug-likeness (QED) is 0.591. The molecule has 0 amide bonds. The number of aliphatic hydroxyl groups is 1. The van der Waals surface area contributed by atoms with Gasteiger partial charge in [0.25, 0.3) is 0 Å². The summed E-state index contributed by atoms with van der Waals surface area (Å²) in [5, 5.41) is 19.2. The summed E-state index contributed by atoms with van der Waals surface area (Å²) in [4.78, 5) is 12.5. The number of aliphatic hydroxyl groups excluding tert-OH is 1. The summed E-state index contributed by atoms with van der Waals surface area (Å²) in [7, 11) is 1.51. The monoisotopic (exact) mass is 446 g/mol. The molecule has 168 valence electrons. The molecule has 2 heterocycles. The van der Waals surface area contributed by atoms with Crippen molar-refractivity contribution in [1.82, 2.24) is 0 Å². The van der Waals surface area contributed by atoms with E-state index in [0.717, 1.165) is 17.2 Å². The number of aryl methyl sites for hydroxylation is 1. The molecule has 0 spiro atoms. The number of allylic oxidation sites excluding steroid dienone is 1. The van der Waals surface area contributed by atoms with E-state index >= 15 is 0 Å². The molecule has 1 aromatic heterocycles. The van der Waals surface area contributed by atoms with Crippen LogP contribution >= 0.6 is 0 Å². The van der Waals surface area contributed by atoms with Gasteiger partial charge in [-0.25, -0.2) is 0 Å². The fourth-order valence-corrected chi connectivity index (χ4v) is 3.62. The highest BCUT2D eigenvalue weighted by Crippen LogP contribution is 2.43. The molecule has 0 aliphatic carbocycles. The SMILES string of the molecule is COc1cc(C2C(C#N)=C(N)Oc3c2oc(CO)cc3=O)ccc1OCc1ccc(C)cc1. The first kappa shape index (κ1) is 22.0. The second-order valence-corrected chi connectivity index (χ2v) is 7.54. The third kappa shape index (κ3) is 4.27. The zero-order chi connectivity index (χ0) is 23.5. The van der Waals surface area contributed by atoms with Crippen LogP contribution in [-0.4, -0.2) is 12.2 Å². The van der Waals surface area contributed by atoms with Crippen LogP contribution in [0.3, 0.4) is 0 Å². The Morgan fingerprint density at radius 3 is 2.58 bits per heavy atom. The van der Waals surface area contributed by atoms with Crippen molar-refractivity contribution in [3.8, 4) is 23.3 Å². The smallest absolute Gasteiger partial charge is 0.228 e. The van der Waals surface area contributed by atoms with Gasteiger partial charge in [-0.2, -0.15) is 5.26 Å². The third-order valence-corrected chi connectivity index (χ3v) is 5.32. The Kier molecular flexibility index (Phi) is 6.07. The minimum absolute atomic E-state index is 0.0510. The number of methoxy groups -OCH3 is 1. The first-order valence-corrected chi connectivity index (χ1v) is 10.2. The summed E-state index contributed by atoms with van der Waals surface area (Å²) in [6, 6.07) is 16.3. The molecule has 3 aromatic rings. The number of nitriles is 1. The van der Waals surface area contributed by atoms with Gasteiger partial charge in [0.05, 0.1) is 13.0 Å². The first-order chi connectivity index (χ1) is 15.9. The van der Waals surface area contributed by atoms with Crippen LogP contribution in [-0.2, 0) is 13.2 Å². The summed E-state index contributed by atoms with van der Waals surface area (Å²) in [6.45, 7) is 1.88. The van der Waals surface area contributed by atoms with Crippen LogP contribution in [0.15, 0.2) is 69.2 Å². The lowest BCUT2D eigenvalue weighted by Crippen LogP contribution is -2.25. The van der Waals surface area contributed by atoms with Crippen molar-refractivity contribution >= 4 is 0 Å². The topological polar surface area (TPSA) is 128 Å². The highest BCUT2D eigenvalue weighted by atomic mass is 16.5. The fraction of sp³-hybridized carbons (Fsp3) is 0.200. The molecule has 0 radical (unpaired) electrons. The maximum atomic E-state index is 12.5. The normalized spacial score (nSPS) is 14.8. The van der Waals surface area contributed by atoms with Gasteiger partial charge < -0.3 is 29.5 Å². The molecule has 1 aliphatic heterocycles. The number of benzene rings is 2. The highest BCUT2D eigenvalue weighted by Gasteiger charge is 2.35. The number of rotatable bonds is 6. The van der Waals surface area contributed by atoms with E-state index in [-0.39, 0.29) is 28.7 Å². The lowest BCUT2D eigenvalue weighted by Gasteiger charge is -2.25. The largest absolute Gasteiger partial charge is 0.493 e. The van der Waals surface area contributed by atoms with Crippen LogP contribution in [0.2, 0.25) is 0 Å². The van der Waals surface area contributed by atoms with E-state index in [2.05, 4.69) is 0 Å². The van der Waals surface area contributed by atoms with Gasteiger partial charge in [-0.3, -0.25) is 4.79 Å². The van der Waals surface area contributed by atoms with Gasteiger partial charge in [0.1, 0.15) is 30.6 Å². The number of fused-ring (bicyclic) bond motifs is 1. The Morgan fingerprint density at radius 1 is 1.15 bits per heavy atom. The van der Waals surface area contributed by atoms with Crippen LogP contribution in [0.4, 0.5) is 0 Å². The molecule has 33 heavy (non-hydrogen) atoms. The van der Waals surface area contributed by atoms with Gasteiger partial charge in [0.2, 0.25) is 17.1 Å². The molecular weight excluding hydrogens is 424 g/mol.